The molecule has 0 spiro atoms. The standard InChI is InChI=1S/C30H39ClF2N4O2/c1-19-12-24-22(8-9-26-25(24)16-34-36-26)28(37(19)17-29(2,33)18-38-3)23-7-6-20(13-27(23)39-4)35-21-14-30(31,15-21)10-5-11-32/h6-9,13,16,19,21,28,35H,5,10-12,14-15,17-18H2,1-4H3,(H,34,36)/t19-,21?,28+,29?,30?/m1/s1. The lowest BCUT2D eigenvalue weighted by atomic mass is 9.76. The van der Waals surface area contributed by atoms with Crippen LogP contribution in [0.2, 0.25) is 0 Å². The van der Waals surface area contributed by atoms with Crippen molar-refractivity contribution in [2.45, 2.75) is 74.6 Å². The summed E-state index contributed by atoms with van der Waals surface area (Å²) in [4.78, 5) is 1.92. The number of nitrogens with one attached hydrogen (secondary N) is 2. The number of fused-ring (bicyclic) bond motifs is 3. The van der Waals surface area contributed by atoms with Crippen LogP contribution in [-0.4, -0.2) is 71.8 Å². The Morgan fingerprint density at radius 2 is 2.00 bits per heavy atom. The van der Waals surface area contributed by atoms with Gasteiger partial charge in [-0.2, -0.15) is 5.10 Å². The quantitative estimate of drug-likeness (QED) is 0.259. The molecule has 0 saturated heterocycles. The van der Waals surface area contributed by atoms with Crippen LogP contribution >= 0.6 is 11.6 Å². The number of ether oxygens (including phenoxy) is 2. The molecule has 39 heavy (non-hydrogen) atoms. The first-order valence-electron chi connectivity index (χ1n) is 13.7. The maximum absolute atomic E-state index is 15.6. The molecule has 0 bridgehead atoms. The van der Waals surface area contributed by atoms with Gasteiger partial charge in [-0.05, 0) is 69.2 Å². The number of rotatable bonds is 11. The van der Waals surface area contributed by atoms with Gasteiger partial charge in [-0.1, -0.05) is 12.1 Å². The minimum absolute atomic E-state index is 0.0192. The van der Waals surface area contributed by atoms with E-state index in [-0.39, 0.29) is 42.8 Å². The Morgan fingerprint density at radius 3 is 2.72 bits per heavy atom. The van der Waals surface area contributed by atoms with E-state index in [1.165, 1.54) is 12.7 Å². The van der Waals surface area contributed by atoms with Crippen molar-refractivity contribution in [2.24, 2.45) is 0 Å². The first-order chi connectivity index (χ1) is 18.7. The van der Waals surface area contributed by atoms with E-state index >= 15 is 4.39 Å². The van der Waals surface area contributed by atoms with Gasteiger partial charge in [0.1, 0.15) is 11.4 Å². The topological polar surface area (TPSA) is 62.4 Å². The van der Waals surface area contributed by atoms with Crippen LogP contribution in [0.15, 0.2) is 36.5 Å². The fourth-order valence-corrected chi connectivity index (χ4v) is 7.03. The number of H-pyrrole nitrogens is 1. The third kappa shape index (κ3) is 5.74. The molecule has 0 amide bonds. The molecule has 2 aliphatic rings. The van der Waals surface area contributed by atoms with Gasteiger partial charge in [0.05, 0.1) is 38.1 Å². The molecule has 1 aliphatic carbocycles. The van der Waals surface area contributed by atoms with Crippen LogP contribution in [0.3, 0.4) is 0 Å². The molecular formula is C30H39ClF2N4O2. The van der Waals surface area contributed by atoms with Gasteiger partial charge in [0.15, 0.2) is 0 Å². The molecule has 6 nitrogen and oxygen atoms in total. The lowest BCUT2D eigenvalue weighted by molar-refractivity contribution is 0.00207. The minimum Gasteiger partial charge on any atom is -0.496 e. The Morgan fingerprint density at radius 1 is 1.23 bits per heavy atom. The van der Waals surface area contributed by atoms with Crippen molar-refractivity contribution in [3.05, 3.63) is 53.2 Å². The fourth-order valence-electron chi connectivity index (χ4n) is 6.52. The zero-order chi connectivity index (χ0) is 27.8. The highest BCUT2D eigenvalue weighted by Crippen LogP contribution is 2.46. The number of anilines is 1. The molecule has 1 aromatic heterocycles. The van der Waals surface area contributed by atoms with Crippen molar-refractivity contribution >= 4 is 28.2 Å². The van der Waals surface area contributed by atoms with E-state index in [0.29, 0.717) is 12.8 Å². The average molecular weight is 561 g/mol. The summed E-state index contributed by atoms with van der Waals surface area (Å²) in [6.07, 6.45) is 5.47. The average Bonchev–Trinajstić information content (AvgIpc) is 3.36. The van der Waals surface area contributed by atoms with Crippen molar-refractivity contribution in [3.8, 4) is 5.75 Å². The molecule has 1 saturated carbocycles. The molecular weight excluding hydrogens is 522 g/mol. The summed E-state index contributed by atoms with van der Waals surface area (Å²) < 4.78 is 39.4. The summed E-state index contributed by atoms with van der Waals surface area (Å²) in [5, 5.41) is 12.0. The largest absolute Gasteiger partial charge is 0.496 e. The van der Waals surface area contributed by atoms with Crippen LogP contribution < -0.4 is 10.1 Å². The van der Waals surface area contributed by atoms with Crippen LogP contribution in [0.1, 0.15) is 62.3 Å². The van der Waals surface area contributed by atoms with Gasteiger partial charge >= 0.3 is 0 Å². The summed E-state index contributed by atoms with van der Waals surface area (Å²) in [6, 6.07) is 10.4. The summed E-state index contributed by atoms with van der Waals surface area (Å²) in [6.45, 7) is 3.66. The molecule has 0 radical (unpaired) electrons. The van der Waals surface area contributed by atoms with E-state index in [1.807, 2.05) is 18.3 Å². The number of methoxy groups -OCH3 is 2. The van der Waals surface area contributed by atoms with E-state index < -0.39 is 5.67 Å². The number of benzene rings is 2. The highest BCUT2D eigenvalue weighted by Gasteiger charge is 2.43. The third-order valence-electron chi connectivity index (χ3n) is 8.30. The van der Waals surface area contributed by atoms with Gasteiger partial charge in [-0.15, -0.1) is 11.6 Å². The molecule has 2 aromatic carbocycles. The predicted octanol–water partition coefficient (Wildman–Crippen LogP) is 6.58. The molecule has 5 rings (SSSR count). The predicted molar refractivity (Wildman–Crippen MR) is 153 cm³/mol. The molecule has 2 heterocycles. The molecule has 9 heteroatoms. The summed E-state index contributed by atoms with van der Waals surface area (Å²) in [5.74, 6) is 0.739. The van der Waals surface area contributed by atoms with Gasteiger partial charge in [-0.25, -0.2) is 4.39 Å². The number of aromatic nitrogens is 2. The number of nitrogens with zero attached hydrogens (tertiary/aromatic N) is 2. The maximum atomic E-state index is 15.6. The number of hydrogen-bond donors (Lipinski definition) is 2. The SMILES string of the molecule is COCC(C)(F)CN1[C@H](c2ccc(NC3CC(Cl)(CCCF)C3)cc2OC)c2ccc3[nH]ncc3c2C[C@H]1C. The molecule has 3 aromatic rings. The van der Waals surface area contributed by atoms with Gasteiger partial charge in [-0.3, -0.25) is 14.4 Å². The second-order valence-corrected chi connectivity index (χ2v) is 12.4. The molecule has 1 unspecified atom stereocenters. The van der Waals surface area contributed by atoms with E-state index in [4.69, 9.17) is 21.1 Å². The molecule has 2 N–H and O–H groups in total. The number of hydrogen-bond acceptors (Lipinski definition) is 5. The second kappa shape index (κ2) is 11.2. The fraction of sp³-hybridized carbons (Fsp3) is 0.567. The van der Waals surface area contributed by atoms with Crippen molar-refractivity contribution in [2.75, 3.05) is 39.4 Å². The zero-order valence-electron chi connectivity index (χ0n) is 23.2. The lowest BCUT2D eigenvalue weighted by Gasteiger charge is -2.45. The van der Waals surface area contributed by atoms with E-state index in [1.54, 1.807) is 14.0 Å². The summed E-state index contributed by atoms with van der Waals surface area (Å²) in [5.41, 5.74) is 3.77. The number of halogens is 3. The van der Waals surface area contributed by atoms with Crippen molar-refractivity contribution in [1.29, 1.82) is 0 Å². The Hall–Kier alpha value is -2.42. The highest BCUT2D eigenvalue weighted by atomic mass is 35.5. The third-order valence-corrected chi connectivity index (χ3v) is 8.80. The van der Waals surface area contributed by atoms with Crippen molar-refractivity contribution in [1.82, 2.24) is 15.1 Å². The van der Waals surface area contributed by atoms with Gasteiger partial charge in [0.2, 0.25) is 0 Å². The smallest absolute Gasteiger partial charge is 0.144 e. The van der Waals surface area contributed by atoms with E-state index in [2.05, 4.69) is 45.5 Å². The number of aromatic amines is 1. The van der Waals surface area contributed by atoms with Crippen molar-refractivity contribution < 1.29 is 18.3 Å². The maximum Gasteiger partial charge on any atom is 0.144 e. The van der Waals surface area contributed by atoms with Crippen LogP contribution in [-0.2, 0) is 11.2 Å². The first-order valence-corrected chi connectivity index (χ1v) is 14.1. The Balaban J connectivity index is 1.48. The van der Waals surface area contributed by atoms with Crippen molar-refractivity contribution in [3.63, 3.8) is 0 Å². The molecule has 1 aliphatic heterocycles. The number of alkyl halides is 3. The molecule has 212 valence electrons. The summed E-state index contributed by atoms with van der Waals surface area (Å²) in [7, 11) is 3.21. The van der Waals surface area contributed by atoms with E-state index in [0.717, 1.165) is 52.7 Å². The normalized spacial score (nSPS) is 26.6. The first kappa shape index (κ1) is 28.1. The molecule has 3 atom stereocenters. The van der Waals surface area contributed by atoms with Crippen LogP contribution in [0, 0.1) is 0 Å². The minimum atomic E-state index is -1.52. The van der Waals surface area contributed by atoms with Crippen LogP contribution in [0.25, 0.3) is 10.9 Å². The highest BCUT2D eigenvalue weighted by molar-refractivity contribution is 6.24. The zero-order valence-corrected chi connectivity index (χ0v) is 24.0. The monoisotopic (exact) mass is 560 g/mol. The molecule has 1 fully saturated rings. The summed E-state index contributed by atoms with van der Waals surface area (Å²) >= 11 is 6.64. The van der Waals surface area contributed by atoms with Gasteiger partial charge in [0, 0.05) is 53.3 Å². The Kier molecular flexibility index (Phi) is 8.09. The van der Waals surface area contributed by atoms with Gasteiger partial charge in [0.25, 0.3) is 0 Å². The second-order valence-electron chi connectivity index (χ2n) is 11.6. The van der Waals surface area contributed by atoms with Gasteiger partial charge < -0.3 is 14.8 Å². The Bertz CT molecular complexity index is 1290. The Labute approximate surface area is 234 Å². The van der Waals surface area contributed by atoms with E-state index in [9.17, 15) is 4.39 Å². The lowest BCUT2D eigenvalue weighted by Crippen LogP contribution is -2.50. The van der Waals surface area contributed by atoms with Crippen LogP contribution in [0.5, 0.6) is 5.75 Å². The van der Waals surface area contributed by atoms with Crippen LogP contribution in [0.4, 0.5) is 14.5 Å².